The zero-order chi connectivity index (χ0) is 10.6. The van der Waals surface area contributed by atoms with Crippen molar-refractivity contribution in [3.8, 4) is 0 Å². The van der Waals surface area contributed by atoms with Crippen LogP contribution in [0.25, 0.3) is 0 Å². The first-order valence-corrected chi connectivity index (χ1v) is 5.80. The number of hydrogen-bond acceptors (Lipinski definition) is 2. The van der Waals surface area contributed by atoms with Crippen LogP contribution in [0.1, 0.15) is 47.4 Å². The summed E-state index contributed by atoms with van der Waals surface area (Å²) in [5, 5.41) is 3.31. The van der Waals surface area contributed by atoms with Crippen molar-refractivity contribution in [3.63, 3.8) is 0 Å². The van der Waals surface area contributed by atoms with Crippen molar-refractivity contribution in [3.05, 3.63) is 12.3 Å². The Kier molecular flexibility index (Phi) is 10.2. The minimum absolute atomic E-state index is 0. The van der Waals surface area contributed by atoms with Gasteiger partial charge >= 0.3 is 0 Å². The summed E-state index contributed by atoms with van der Waals surface area (Å²) in [6.07, 6.45) is 6.04. The summed E-state index contributed by atoms with van der Waals surface area (Å²) in [6.45, 7) is 10.9. The molecule has 0 aromatic heterocycles. The van der Waals surface area contributed by atoms with E-state index in [4.69, 9.17) is 4.74 Å². The van der Waals surface area contributed by atoms with Crippen LogP contribution in [0.15, 0.2) is 12.3 Å². The Bertz CT molecular complexity index is 140. The Morgan fingerprint density at radius 3 is 2.57 bits per heavy atom. The molecule has 0 aromatic rings. The molecule has 0 heterocycles. The average Bonchev–Trinajstić information content (AvgIpc) is 2.21. The fourth-order valence-electron chi connectivity index (χ4n) is 1.22. The van der Waals surface area contributed by atoms with E-state index in [1.165, 1.54) is 25.7 Å². The summed E-state index contributed by atoms with van der Waals surface area (Å²) in [7, 11) is 0. The number of hydrogen-bond donors (Lipinski definition) is 1. The fourth-order valence-corrected chi connectivity index (χ4v) is 1.22. The van der Waals surface area contributed by atoms with Crippen LogP contribution in [0.4, 0.5) is 0 Å². The molecular formula is C12H27NO. The number of ether oxygens (including phenoxy) is 1. The van der Waals surface area contributed by atoms with Crippen LogP contribution in [0, 0.1) is 0 Å². The van der Waals surface area contributed by atoms with E-state index >= 15 is 0 Å². The van der Waals surface area contributed by atoms with Crippen LogP contribution in [-0.4, -0.2) is 19.8 Å². The Hall–Kier alpha value is -0.500. The molecule has 2 heteroatoms. The van der Waals surface area contributed by atoms with E-state index < -0.39 is 0 Å². The first kappa shape index (κ1) is 13.5. The number of allylic oxidation sites excluding steroid dienone is 1. The highest BCUT2D eigenvalue weighted by Crippen LogP contribution is 2.00. The maximum atomic E-state index is 5.27. The van der Waals surface area contributed by atoms with Gasteiger partial charge in [-0.3, -0.25) is 0 Å². The second-order valence-electron chi connectivity index (χ2n) is 3.50. The van der Waals surface area contributed by atoms with E-state index in [-0.39, 0.29) is 1.43 Å². The van der Waals surface area contributed by atoms with Gasteiger partial charge in [-0.25, -0.2) is 0 Å². The molecule has 0 spiro atoms. The molecular weight excluding hydrogens is 174 g/mol. The third-order valence-electron chi connectivity index (χ3n) is 2.22. The van der Waals surface area contributed by atoms with Crippen molar-refractivity contribution in [1.29, 1.82) is 0 Å². The van der Waals surface area contributed by atoms with Gasteiger partial charge in [0, 0.05) is 26.9 Å². The fraction of sp³-hybridized carbons (Fsp3) is 0.833. The lowest BCUT2D eigenvalue weighted by Crippen LogP contribution is -2.13. The molecule has 0 radical (unpaired) electrons. The van der Waals surface area contributed by atoms with Gasteiger partial charge in [0.25, 0.3) is 0 Å². The van der Waals surface area contributed by atoms with Crippen LogP contribution in [0.3, 0.4) is 0 Å². The van der Waals surface area contributed by atoms with Gasteiger partial charge in [-0.2, -0.15) is 0 Å². The molecule has 0 amide bonds. The van der Waals surface area contributed by atoms with E-state index in [1.807, 2.05) is 6.92 Å². The van der Waals surface area contributed by atoms with Crippen molar-refractivity contribution >= 4 is 0 Å². The lowest BCUT2D eigenvalue weighted by atomic mass is 10.2. The maximum absolute atomic E-state index is 5.27. The lowest BCUT2D eigenvalue weighted by molar-refractivity contribution is 0.143. The van der Waals surface area contributed by atoms with E-state index in [2.05, 4.69) is 18.8 Å². The van der Waals surface area contributed by atoms with Crippen LogP contribution in [0.5, 0.6) is 0 Å². The van der Waals surface area contributed by atoms with Crippen LogP contribution in [0.2, 0.25) is 0 Å². The summed E-state index contributed by atoms with van der Waals surface area (Å²) < 4.78 is 5.27. The quantitative estimate of drug-likeness (QED) is 0.547. The molecule has 0 aliphatic heterocycles. The normalized spacial score (nSPS) is 10.1. The van der Waals surface area contributed by atoms with Gasteiger partial charge in [0.2, 0.25) is 0 Å². The molecule has 0 aliphatic carbocycles. The second kappa shape index (κ2) is 10.6. The minimum Gasteiger partial charge on any atom is -0.389 e. The highest BCUT2D eigenvalue weighted by atomic mass is 16.5. The summed E-state index contributed by atoms with van der Waals surface area (Å²) in [6, 6.07) is 0. The highest BCUT2D eigenvalue weighted by Gasteiger charge is 1.91. The summed E-state index contributed by atoms with van der Waals surface area (Å²) in [5.74, 6) is 0. The number of unbranched alkanes of at least 4 members (excludes halogenated alkanes) is 3. The van der Waals surface area contributed by atoms with E-state index in [0.29, 0.717) is 0 Å². The summed E-state index contributed by atoms with van der Waals surface area (Å²) >= 11 is 0. The minimum atomic E-state index is 0. The molecule has 0 saturated carbocycles. The third kappa shape index (κ3) is 9.59. The standard InChI is InChI=1S/C12H25NO.H2/c1-4-12(3)13-10-8-6-7-9-11-14-5-2;/h13H,3-11H2,1-2H3;1H. The molecule has 0 bridgehead atoms. The highest BCUT2D eigenvalue weighted by molar-refractivity contribution is 4.88. The van der Waals surface area contributed by atoms with Crippen molar-refractivity contribution in [1.82, 2.24) is 5.32 Å². The zero-order valence-corrected chi connectivity index (χ0v) is 9.77. The smallest absolute Gasteiger partial charge is 0.0465 e. The molecule has 0 aromatic carbocycles. The Morgan fingerprint density at radius 2 is 1.93 bits per heavy atom. The van der Waals surface area contributed by atoms with Gasteiger partial charge in [-0.15, -0.1) is 0 Å². The van der Waals surface area contributed by atoms with E-state index in [0.717, 1.165) is 31.9 Å². The Balaban J connectivity index is 0. The van der Waals surface area contributed by atoms with Gasteiger partial charge in [-0.05, 0) is 26.2 Å². The molecule has 86 valence electrons. The number of nitrogens with one attached hydrogen (secondary N) is 1. The molecule has 0 unspecified atom stereocenters. The largest absolute Gasteiger partial charge is 0.389 e. The van der Waals surface area contributed by atoms with Crippen molar-refractivity contribution < 1.29 is 6.16 Å². The van der Waals surface area contributed by atoms with Gasteiger partial charge in [0.05, 0.1) is 0 Å². The molecule has 0 saturated heterocycles. The molecule has 0 aliphatic rings. The zero-order valence-electron chi connectivity index (χ0n) is 9.77. The predicted molar refractivity (Wildman–Crippen MR) is 64.5 cm³/mol. The van der Waals surface area contributed by atoms with Gasteiger partial charge in [-0.1, -0.05) is 26.3 Å². The van der Waals surface area contributed by atoms with Gasteiger partial charge in [0.1, 0.15) is 0 Å². The van der Waals surface area contributed by atoms with Crippen LogP contribution < -0.4 is 5.32 Å². The third-order valence-corrected chi connectivity index (χ3v) is 2.22. The monoisotopic (exact) mass is 201 g/mol. The second-order valence-corrected chi connectivity index (χ2v) is 3.50. The molecule has 0 rings (SSSR count). The summed E-state index contributed by atoms with van der Waals surface area (Å²) in [5.41, 5.74) is 1.15. The van der Waals surface area contributed by atoms with E-state index in [9.17, 15) is 0 Å². The topological polar surface area (TPSA) is 21.3 Å². The summed E-state index contributed by atoms with van der Waals surface area (Å²) in [4.78, 5) is 0. The molecule has 0 atom stereocenters. The van der Waals surface area contributed by atoms with E-state index in [1.54, 1.807) is 0 Å². The average molecular weight is 201 g/mol. The maximum Gasteiger partial charge on any atom is 0.0465 e. The Morgan fingerprint density at radius 1 is 1.21 bits per heavy atom. The first-order valence-electron chi connectivity index (χ1n) is 5.80. The molecule has 1 N–H and O–H groups in total. The van der Waals surface area contributed by atoms with Crippen molar-refractivity contribution in [2.45, 2.75) is 46.0 Å². The van der Waals surface area contributed by atoms with Gasteiger partial charge < -0.3 is 10.1 Å². The van der Waals surface area contributed by atoms with Crippen molar-refractivity contribution in [2.24, 2.45) is 0 Å². The lowest BCUT2D eigenvalue weighted by Gasteiger charge is -2.06. The van der Waals surface area contributed by atoms with Crippen molar-refractivity contribution in [2.75, 3.05) is 19.8 Å². The Labute approximate surface area is 90.2 Å². The first-order chi connectivity index (χ1) is 6.81. The molecule has 14 heavy (non-hydrogen) atoms. The SMILES string of the molecule is C=C(CC)NCCCCCCOCC.[HH]. The molecule has 0 fully saturated rings. The van der Waals surface area contributed by atoms with Gasteiger partial charge in [0.15, 0.2) is 0 Å². The number of rotatable bonds is 10. The molecule has 2 nitrogen and oxygen atoms in total. The van der Waals surface area contributed by atoms with Crippen LogP contribution in [-0.2, 0) is 4.74 Å². The predicted octanol–water partition coefficient (Wildman–Crippen LogP) is 3.34. The van der Waals surface area contributed by atoms with Crippen LogP contribution >= 0.6 is 0 Å².